The number of nitrogens with zero attached hydrogens (tertiary/aromatic N) is 2. The molecular formula is C17H14Cl2FN3O2. The zero-order chi connectivity index (χ0) is 17.8. The van der Waals surface area contributed by atoms with E-state index in [4.69, 9.17) is 27.9 Å². The number of H-pyrrole nitrogens is 1. The Morgan fingerprint density at radius 2 is 2.00 bits per heavy atom. The monoisotopic (exact) mass is 381 g/mol. The first kappa shape index (κ1) is 17.6. The number of carbonyl (C=O) groups excluding carboxylic acids is 1. The zero-order valence-electron chi connectivity index (χ0n) is 13.1. The Morgan fingerprint density at radius 1 is 1.16 bits per heavy atom. The number of hydrogen-bond donors (Lipinski definition) is 1. The van der Waals surface area contributed by atoms with Crippen LogP contribution in [-0.4, -0.2) is 27.3 Å². The average Bonchev–Trinajstić information content (AvgIpc) is 2.97. The highest BCUT2D eigenvalue weighted by Crippen LogP contribution is 2.27. The number of hydrogen-bond acceptors (Lipinski definition) is 4. The summed E-state index contributed by atoms with van der Waals surface area (Å²) in [6, 6.07) is 7.74. The van der Waals surface area contributed by atoms with Crippen LogP contribution in [0.15, 0.2) is 30.3 Å². The molecule has 0 atom stereocenters. The molecule has 2 heterocycles. The molecule has 0 aliphatic carbocycles. The van der Waals surface area contributed by atoms with Gasteiger partial charge in [-0.05, 0) is 30.3 Å². The van der Waals surface area contributed by atoms with Gasteiger partial charge in [0.05, 0.1) is 17.1 Å². The lowest BCUT2D eigenvalue weighted by Gasteiger charge is -2.07. The van der Waals surface area contributed by atoms with Crippen molar-refractivity contribution in [3.05, 3.63) is 52.1 Å². The molecule has 0 radical (unpaired) electrons. The molecule has 0 amide bonds. The summed E-state index contributed by atoms with van der Waals surface area (Å²) in [4.78, 5) is 22.8. The highest BCUT2D eigenvalue weighted by Gasteiger charge is 2.09. The van der Waals surface area contributed by atoms with Gasteiger partial charge in [-0.1, -0.05) is 23.2 Å². The van der Waals surface area contributed by atoms with Gasteiger partial charge in [0, 0.05) is 24.3 Å². The second-order valence-electron chi connectivity index (χ2n) is 5.40. The van der Waals surface area contributed by atoms with Gasteiger partial charge in [-0.2, -0.15) is 9.37 Å². The molecule has 130 valence electrons. The van der Waals surface area contributed by atoms with Gasteiger partial charge in [0.15, 0.2) is 5.65 Å². The van der Waals surface area contributed by atoms with Gasteiger partial charge in [0.1, 0.15) is 17.4 Å². The first-order valence-electron chi connectivity index (χ1n) is 7.62. The van der Waals surface area contributed by atoms with E-state index in [1.54, 1.807) is 24.3 Å². The molecule has 0 aliphatic rings. The summed E-state index contributed by atoms with van der Waals surface area (Å²) in [5.74, 6) is 0.539. The minimum absolute atomic E-state index is 0.0321. The predicted molar refractivity (Wildman–Crippen MR) is 93.7 cm³/mol. The molecule has 1 N–H and O–H groups in total. The van der Waals surface area contributed by atoms with E-state index in [0.717, 1.165) is 0 Å². The lowest BCUT2D eigenvalue weighted by atomic mass is 10.2. The number of benzene rings is 1. The largest absolute Gasteiger partial charge is 0.492 e. The number of aryl methyl sites for hydroxylation is 1. The van der Waals surface area contributed by atoms with Crippen LogP contribution in [0.1, 0.15) is 18.7 Å². The molecule has 8 heteroatoms. The molecule has 0 aliphatic heterocycles. The number of aromatic nitrogens is 3. The molecular weight excluding hydrogens is 368 g/mol. The maximum absolute atomic E-state index is 13.0. The Labute approximate surface area is 153 Å². The van der Waals surface area contributed by atoms with Gasteiger partial charge >= 0.3 is 0 Å². The Kier molecular flexibility index (Phi) is 5.50. The fourth-order valence-electron chi connectivity index (χ4n) is 2.29. The van der Waals surface area contributed by atoms with Gasteiger partial charge in [0.25, 0.3) is 0 Å². The second kappa shape index (κ2) is 7.80. The van der Waals surface area contributed by atoms with E-state index in [9.17, 15) is 9.18 Å². The maximum Gasteiger partial charge on any atom is 0.215 e. The molecule has 3 aromatic rings. The fraction of sp³-hybridized carbons (Fsp3) is 0.235. The van der Waals surface area contributed by atoms with E-state index in [0.29, 0.717) is 45.6 Å². The van der Waals surface area contributed by atoms with Crippen molar-refractivity contribution in [1.29, 1.82) is 0 Å². The van der Waals surface area contributed by atoms with Crippen LogP contribution in [0.5, 0.6) is 5.75 Å². The summed E-state index contributed by atoms with van der Waals surface area (Å²) in [5, 5.41) is 0.926. The number of rotatable bonds is 7. The normalized spacial score (nSPS) is 11.0. The molecule has 0 saturated heterocycles. The summed E-state index contributed by atoms with van der Waals surface area (Å²) in [5.41, 5.74) is 0.952. The number of carbonyl (C=O) groups is 1. The molecule has 3 rings (SSSR count). The number of imidazole rings is 1. The van der Waals surface area contributed by atoms with Gasteiger partial charge in [-0.25, -0.2) is 4.98 Å². The van der Waals surface area contributed by atoms with Crippen LogP contribution in [0.3, 0.4) is 0 Å². The Bertz CT molecular complexity index is 914. The van der Waals surface area contributed by atoms with E-state index >= 15 is 0 Å². The summed E-state index contributed by atoms with van der Waals surface area (Å²) in [7, 11) is 0. The van der Waals surface area contributed by atoms with Crippen molar-refractivity contribution in [3.8, 4) is 5.75 Å². The number of ether oxygens (including phenoxy) is 1. The molecule has 0 bridgehead atoms. The van der Waals surface area contributed by atoms with E-state index in [-0.39, 0.29) is 18.8 Å². The van der Waals surface area contributed by atoms with Crippen LogP contribution in [0.2, 0.25) is 10.0 Å². The summed E-state index contributed by atoms with van der Waals surface area (Å²) in [6.45, 7) is 0.229. The fourth-order valence-corrected chi connectivity index (χ4v) is 2.75. The van der Waals surface area contributed by atoms with E-state index in [1.807, 2.05) is 0 Å². The molecule has 0 fully saturated rings. The summed E-state index contributed by atoms with van der Waals surface area (Å²) >= 11 is 11.8. The van der Waals surface area contributed by atoms with Gasteiger partial charge in [-0.3, -0.25) is 4.79 Å². The quantitative estimate of drug-likeness (QED) is 0.616. The third kappa shape index (κ3) is 4.67. The molecule has 5 nitrogen and oxygen atoms in total. The minimum Gasteiger partial charge on any atom is -0.492 e. The van der Waals surface area contributed by atoms with Crippen LogP contribution in [0, 0.1) is 5.95 Å². The maximum atomic E-state index is 13.0. The molecule has 0 spiro atoms. The van der Waals surface area contributed by atoms with E-state index < -0.39 is 5.95 Å². The van der Waals surface area contributed by atoms with E-state index in [1.165, 1.54) is 6.07 Å². The van der Waals surface area contributed by atoms with Crippen molar-refractivity contribution < 1.29 is 13.9 Å². The second-order valence-corrected chi connectivity index (χ2v) is 6.24. The first-order chi connectivity index (χ1) is 12.0. The Balaban J connectivity index is 1.47. The van der Waals surface area contributed by atoms with Gasteiger partial charge in [-0.15, -0.1) is 0 Å². The highest BCUT2D eigenvalue weighted by atomic mass is 35.5. The van der Waals surface area contributed by atoms with Crippen molar-refractivity contribution in [2.24, 2.45) is 0 Å². The third-order valence-electron chi connectivity index (χ3n) is 3.53. The van der Waals surface area contributed by atoms with Crippen LogP contribution in [0.25, 0.3) is 11.2 Å². The van der Waals surface area contributed by atoms with Crippen molar-refractivity contribution in [2.45, 2.75) is 19.3 Å². The lowest BCUT2D eigenvalue weighted by Crippen LogP contribution is -2.08. The SMILES string of the molecule is O=C(CCOc1ccc(Cl)cc1Cl)CCc1nc2nc(F)ccc2[nH]1. The molecule has 25 heavy (non-hydrogen) atoms. The highest BCUT2D eigenvalue weighted by molar-refractivity contribution is 6.35. The van der Waals surface area contributed by atoms with Crippen molar-refractivity contribution in [1.82, 2.24) is 15.0 Å². The third-order valence-corrected chi connectivity index (χ3v) is 4.06. The van der Waals surface area contributed by atoms with Crippen LogP contribution < -0.4 is 4.74 Å². The number of Topliss-reactive ketones (excluding diaryl/α,β-unsaturated/α-hetero) is 1. The van der Waals surface area contributed by atoms with Crippen LogP contribution in [0.4, 0.5) is 4.39 Å². The molecule has 2 aromatic heterocycles. The summed E-state index contributed by atoms with van der Waals surface area (Å²) < 4.78 is 18.5. The standard InChI is InChI=1S/C17H14Cl2FN3O2/c18-10-1-4-14(12(19)9-10)25-8-7-11(24)2-6-16-21-13-3-5-15(20)22-17(13)23-16/h1,3-5,9H,2,6-8H2,(H,21,22,23). The Morgan fingerprint density at radius 3 is 2.80 bits per heavy atom. The number of halogens is 3. The zero-order valence-corrected chi connectivity index (χ0v) is 14.6. The number of ketones is 1. The molecule has 0 unspecified atom stereocenters. The number of fused-ring (bicyclic) bond motifs is 1. The predicted octanol–water partition coefficient (Wildman–Crippen LogP) is 4.37. The summed E-state index contributed by atoms with van der Waals surface area (Å²) in [6.07, 6.45) is 0.991. The van der Waals surface area contributed by atoms with Crippen molar-refractivity contribution in [3.63, 3.8) is 0 Å². The van der Waals surface area contributed by atoms with Crippen molar-refractivity contribution >= 4 is 40.1 Å². The molecule has 1 aromatic carbocycles. The Hall–Kier alpha value is -2.18. The first-order valence-corrected chi connectivity index (χ1v) is 8.37. The minimum atomic E-state index is -0.584. The van der Waals surface area contributed by atoms with Crippen LogP contribution >= 0.6 is 23.2 Å². The van der Waals surface area contributed by atoms with Gasteiger partial charge < -0.3 is 9.72 Å². The topological polar surface area (TPSA) is 67.9 Å². The average molecular weight is 382 g/mol. The smallest absolute Gasteiger partial charge is 0.215 e. The number of aromatic amines is 1. The number of nitrogens with one attached hydrogen (secondary N) is 1. The van der Waals surface area contributed by atoms with E-state index in [2.05, 4.69) is 15.0 Å². The lowest BCUT2D eigenvalue weighted by molar-refractivity contribution is -0.119. The molecule has 0 saturated carbocycles. The van der Waals surface area contributed by atoms with Crippen LogP contribution in [-0.2, 0) is 11.2 Å². The van der Waals surface area contributed by atoms with Gasteiger partial charge in [0.2, 0.25) is 5.95 Å². The number of pyridine rings is 1. The van der Waals surface area contributed by atoms with Crippen molar-refractivity contribution in [2.75, 3.05) is 6.61 Å².